The molecule has 7 nitrogen and oxygen atoms in total. The molecule has 0 radical (unpaired) electrons. The summed E-state index contributed by atoms with van der Waals surface area (Å²) in [6, 6.07) is 6.54. The first kappa shape index (κ1) is 12.2. The van der Waals surface area contributed by atoms with E-state index in [4.69, 9.17) is 5.53 Å². The molecule has 0 aromatic heterocycles. The van der Waals surface area contributed by atoms with Crippen molar-refractivity contribution in [3.8, 4) is 0 Å². The molecule has 0 bridgehead atoms. The Bertz CT molecular complexity index is 498. The van der Waals surface area contributed by atoms with Gasteiger partial charge in [0.2, 0.25) is 0 Å². The number of anilines is 1. The molecular formula is C11H13N5O2. The highest BCUT2D eigenvalue weighted by molar-refractivity contribution is 5.63. The number of hydrogen-bond acceptors (Lipinski definition) is 4. The summed E-state index contributed by atoms with van der Waals surface area (Å²) < 4.78 is 0. The fourth-order valence-corrected chi connectivity index (χ4v) is 2.23. The predicted octanol–water partition coefficient (Wildman–Crippen LogP) is 2.87. The van der Waals surface area contributed by atoms with Gasteiger partial charge in [-0.3, -0.25) is 10.1 Å². The van der Waals surface area contributed by atoms with E-state index in [1.807, 2.05) is 4.90 Å². The van der Waals surface area contributed by atoms with Gasteiger partial charge in [-0.15, -0.1) is 0 Å². The van der Waals surface area contributed by atoms with Crippen molar-refractivity contribution in [2.24, 2.45) is 5.11 Å². The number of azide groups is 1. The second kappa shape index (κ2) is 5.37. The molecular weight excluding hydrogens is 234 g/mol. The van der Waals surface area contributed by atoms with E-state index in [1.165, 1.54) is 6.07 Å². The molecule has 1 fully saturated rings. The summed E-state index contributed by atoms with van der Waals surface area (Å²) in [7, 11) is 0. The van der Waals surface area contributed by atoms with Crippen LogP contribution < -0.4 is 4.90 Å². The van der Waals surface area contributed by atoms with E-state index in [0.717, 1.165) is 19.4 Å². The molecule has 18 heavy (non-hydrogen) atoms. The van der Waals surface area contributed by atoms with Gasteiger partial charge in [0.15, 0.2) is 0 Å². The molecule has 0 spiro atoms. The van der Waals surface area contributed by atoms with Gasteiger partial charge in [0.25, 0.3) is 5.69 Å². The van der Waals surface area contributed by atoms with Gasteiger partial charge in [-0.2, -0.15) is 0 Å². The summed E-state index contributed by atoms with van der Waals surface area (Å²) in [4.78, 5) is 15.3. The number of rotatable bonds is 3. The monoisotopic (exact) mass is 247 g/mol. The highest BCUT2D eigenvalue weighted by Gasteiger charge is 2.24. The van der Waals surface area contributed by atoms with Crippen LogP contribution in [-0.4, -0.2) is 24.1 Å². The van der Waals surface area contributed by atoms with E-state index in [-0.39, 0.29) is 16.7 Å². The van der Waals surface area contributed by atoms with Gasteiger partial charge in [0.1, 0.15) is 5.69 Å². The van der Waals surface area contributed by atoms with Gasteiger partial charge in [0, 0.05) is 24.1 Å². The molecule has 1 aliphatic rings. The first-order chi connectivity index (χ1) is 8.72. The van der Waals surface area contributed by atoms with Gasteiger partial charge in [-0.05, 0) is 24.4 Å². The van der Waals surface area contributed by atoms with Crippen molar-refractivity contribution < 1.29 is 4.92 Å². The number of nitrogens with zero attached hydrogens (tertiary/aromatic N) is 5. The maximum Gasteiger partial charge on any atom is 0.292 e. The molecule has 0 unspecified atom stereocenters. The number of benzene rings is 1. The Balaban J connectivity index is 2.25. The Hall–Kier alpha value is -2.27. The Morgan fingerprint density at radius 3 is 3.00 bits per heavy atom. The average Bonchev–Trinajstić information content (AvgIpc) is 2.39. The Morgan fingerprint density at radius 1 is 1.50 bits per heavy atom. The van der Waals surface area contributed by atoms with Crippen LogP contribution in [0.2, 0.25) is 0 Å². The Morgan fingerprint density at radius 2 is 2.28 bits per heavy atom. The Labute approximate surface area is 104 Å². The quantitative estimate of drug-likeness (QED) is 0.270. The summed E-state index contributed by atoms with van der Waals surface area (Å²) in [6.45, 7) is 1.29. The molecule has 0 aliphatic carbocycles. The zero-order valence-corrected chi connectivity index (χ0v) is 9.77. The molecule has 1 aromatic carbocycles. The van der Waals surface area contributed by atoms with Crippen molar-refractivity contribution in [1.29, 1.82) is 0 Å². The molecule has 0 N–H and O–H groups in total. The second-order valence-electron chi connectivity index (χ2n) is 4.19. The van der Waals surface area contributed by atoms with Crippen LogP contribution in [-0.2, 0) is 0 Å². The zero-order valence-electron chi connectivity index (χ0n) is 9.77. The molecule has 1 heterocycles. The van der Waals surface area contributed by atoms with E-state index in [1.54, 1.807) is 18.2 Å². The molecule has 1 atom stereocenters. The highest BCUT2D eigenvalue weighted by atomic mass is 16.6. The minimum atomic E-state index is -0.382. The molecule has 0 amide bonds. The van der Waals surface area contributed by atoms with E-state index in [2.05, 4.69) is 10.0 Å². The molecule has 0 saturated carbocycles. The van der Waals surface area contributed by atoms with Crippen LogP contribution in [0.15, 0.2) is 29.4 Å². The lowest BCUT2D eigenvalue weighted by atomic mass is 10.1. The zero-order chi connectivity index (χ0) is 13.0. The maximum atomic E-state index is 11.0. The average molecular weight is 247 g/mol. The summed E-state index contributed by atoms with van der Waals surface area (Å²) in [5.74, 6) is 0. The Kier molecular flexibility index (Phi) is 3.64. The number of para-hydroxylation sites is 2. The first-order valence-corrected chi connectivity index (χ1v) is 5.75. The van der Waals surface area contributed by atoms with Crippen LogP contribution >= 0.6 is 0 Å². The largest absolute Gasteiger partial charge is 0.366 e. The molecule has 7 heteroatoms. The number of hydrogen-bond donors (Lipinski definition) is 0. The number of piperidine rings is 1. The van der Waals surface area contributed by atoms with Gasteiger partial charge in [-0.25, -0.2) is 0 Å². The molecule has 1 aromatic rings. The smallest absolute Gasteiger partial charge is 0.292 e. The predicted molar refractivity (Wildman–Crippen MR) is 67.5 cm³/mol. The lowest BCUT2D eigenvalue weighted by molar-refractivity contribution is -0.384. The summed E-state index contributed by atoms with van der Waals surface area (Å²) >= 11 is 0. The fourth-order valence-electron chi connectivity index (χ4n) is 2.23. The number of nitro groups is 1. The SMILES string of the molecule is [N-]=[N+]=N[C@@H]1CCCN(c2ccccc2[N+](=O)[O-])C1. The summed E-state index contributed by atoms with van der Waals surface area (Å²) in [5.41, 5.74) is 9.14. The fraction of sp³-hybridized carbons (Fsp3) is 0.455. The van der Waals surface area contributed by atoms with Crippen LogP contribution in [0.3, 0.4) is 0 Å². The lowest BCUT2D eigenvalue weighted by Crippen LogP contribution is -2.37. The third-order valence-corrected chi connectivity index (χ3v) is 3.03. The van der Waals surface area contributed by atoms with E-state index >= 15 is 0 Å². The normalized spacial score (nSPS) is 19.1. The highest BCUT2D eigenvalue weighted by Crippen LogP contribution is 2.30. The topological polar surface area (TPSA) is 95.1 Å². The summed E-state index contributed by atoms with van der Waals surface area (Å²) in [6.07, 6.45) is 1.71. The van der Waals surface area contributed by atoms with Crippen LogP contribution in [0.4, 0.5) is 11.4 Å². The number of nitro benzene ring substituents is 1. The molecule has 1 saturated heterocycles. The van der Waals surface area contributed by atoms with Crippen molar-refractivity contribution in [3.63, 3.8) is 0 Å². The van der Waals surface area contributed by atoms with Crippen LogP contribution in [0, 0.1) is 10.1 Å². The van der Waals surface area contributed by atoms with Gasteiger partial charge in [0.05, 0.1) is 11.0 Å². The van der Waals surface area contributed by atoms with E-state index in [0.29, 0.717) is 12.2 Å². The van der Waals surface area contributed by atoms with E-state index < -0.39 is 0 Å². The second-order valence-corrected chi connectivity index (χ2v) is 4.19. The molecule has 94 valence electrons. The summed E-state index contributed by atoms with van der Waals surface area (Å²) in [5, 5.41) is 14.7. The standard InChI is InChI=1S/C11H13N5O2/c12-14-13-9-4-3-7-15(8-9)10-5-1-2-6-11(10)16(17)18/h1-2,5-6,9H,3-4,7-8H2/t9-/m1/s1. The molecule has 1 aliphatic heterocycles. The minimum absolute atomic E-state index is 0.0964. The van der Waals surface area contributed by atoms with Gasteiger partial charge < -0.3 is 4.90 Å². The third kappa shape index (κ3) is 2.52. The van der Waals surface area contributed by atoms with Crippen molar-refractivity contribution in [1.82, 2.24) is 0 Å². The third-order valence-electron chi connectivity index (χ3n) is 3.03. The van der Waals surface area contributed by atoms with Gasteiger partial charge >= 0.3 is 0 Å². The van der Waals surface area contributed by atoms with Crippen molar-refractivity contribution in [2.45, 2.75) is 18.9 Å². The van der Waals surface area contributed by atoms with Crippen molar-refractivity contribution >= 4 is 11.4 Å². The van der Waals surface area contributed by atoms with Gasteiger partial charge in [-0.1, -0.05) is 17.2 Å². The van der Waals surface area contributed by atoms with Crippen LogP contribution in [0.25, 0.3) is 10.4 Å². The van der Waals surface area contributed by atoms with Crippen LogP contribution in [0.1, 0.15) is 12.8 Å². The van der Waals surface area contributed by atoms with Crippen LogP contribution in [0.5, 0.6) is 0 Å². The van der Waals surface area contributed by atoms with Crippen molar-refractivity contribution in [2.75, 3.05) is 18.0 Å². The van der Waals surface area contributed by atoms with Crippen molar-refractivity contribution in [3.05, 3.63) is 44.8 Å². The lowest BCUT2D eigenvalue weighted by Gasteiger charge is -2.31. The maximum absolute atomic E-state index is 11.0. The minimum Gasteiger partial charge on any atom is -0.366 e. The van der Waals surface area contributed by atoms with E-state index in [9.17, 15) is 10.1 Å². The first-order valence-electron chi connectivity index (χ1n) is 5.75. The molecule has 2 rings (SSSR count).